The molecule has 106 valence electrons. The topological polar surface area (TPSA) is 84.0 Å². The first-order chi connectivity index (χ1) is 9.49. The van der Waals surface area contributed by atoms with E-state index in [1.165, 1.54) is 4.68 Å². The summed E-state index contributed by atoms with van der Waals surface area (Å²) in [7, 11) is 0. The van der Waals surface area contributed by atoms with Crippen molar-refractivity contribution in [3.05, 3.63) is 45.0 Å². The first kappa shape index (κ1) is 14.0. The molecule has 1 heterocycles. The van der Waals surface area contributed by atoms with Gasteiger partial charge in [0.15, 0.2) is 0 Å². The van der Waals surface area contributed by atoms with E-state index >= 15 is 0 Å². The van der Waals surface area contributed by atoms with Crippen LogP contribution in [-0.2, 0) is 11.3 Å². The second-order valence-corrected chi connectivity index (χ2v) is 4.92. The fraction of sp³-hybridized carbons (Fsp3) is 0.357. The number of rotatable bonds is 4. The molecule has 20 heavy (non-hydrogen) atoms. The maximum absolute atomic E-state index is 12.2. The molecule has 1 amide bonds. The highest BCUT2D eigenvalue weighted by molar-refractivity contribution is 5.80. The molecule has 1 aromatic heterocycles. The Morgan fingerprint density at radius 1 is 1.25 bits per heavy atom. The van der Waals surface area contributed by atoms with E-state index in [-0.39, 0.29) is 36.0 Å². The zero-order valence-corrected chi connectivity index (χ0v) is 11.5. The standard InChI is InChI=1S/C14H17N3O3/c1-9(2)15-12(18)7-8-17-14(20)11-6-4-3-5-10(11)13(19)16-17/h3-6,9H,7-8H2,1-2H3,(H,15,18)(H,16,19). The van der Waals surface area contributed by atoms with Gasteiger partial charge in [0.05, 0.1) is 17.3 Å². The fourth-order valence-corrected chi connectivity index (χ4v) is 2.01. The third-order valence-electron chi connectivity index (χ3n) is 2.90. The molecule has 0 bridgehead atoms. The van der Waals surface area contributed by atoms with Crippen LogP contribution in [0.15, 0.2) is 33.9 Å². The first-order valence-corrected chi connectivity index (χ1v) is 6.50. The number of nitrogens with one attached hydrogen (secondary N) is 2. The molecule has 2 rings (SSSR count). The van der Waals surface area contributed by atoms with E-state index < -0.39 is 0 Å². The molecule has 0 spiro atoms. The van der Waals surface area contributed by atoms with Crippen LogP contribution < -0.4 is 16.4 Å². The second kappa shape index (κ2) is 5.73. The zero-order valence-electron chi connectivity index (χ0n) is 11.5. The van der Waals surface area contributed by atoms with Crippen LogP contribution in [0.4, 0.5) is 0 Å². The molecule has 0 atom stereocenters. The number of amides is 1. The maximum atomic E-state index is 12.2. The number of aryl methyl sites for hydroxylation is 1. The Bertz CT molecular complexity index is 743. The molecule has 0 aliphatic rings. The van der Waals surface area contributed by atoms with Crippen LogP contribution in [0.2, 0.25) is 0 Å². The van der Waals surface area contributed by atoms with Gasteiger partial charge in [-0.25, -0.2) is 4.68 Å². The lowest BCUT2D eigenvalue weighted by atomic mass is 10.2. The molecule has 0 aliphatic carbocycles. The van der Waals surface area contributed by atoms with Gasteiger partial charge in [0.1, 0.15) is 0 Å². The van der Waals surface area contributed by atoms with Gasteiger partial charge in [-0.15, -0.1) is 0 Å². The lowest BCUT2D eigenvalue weighted by molar-refractivity contribution is -0.121. The molecule has 0 saturated heterocycles. The van der Waals surface area contributed by atoms with E-state index in [1.54, 1.807) is 24.3 Å². The largest absolute Gasteiger partial charge is 0.354 e. The predicted molar refractivity (Wildman–Crippen MR) is 76.7 cm³/mol. The van der Waals surface area contributed by atoms with Gasteiger partial charge >= 0.3 is 0 Å². The van der Waals surface area contributed by atoms with E-state index in [4.69, 9.17) is 0 Å². The number of hydrogen-bond donors (Lipinski definition) is 2. The van der Waals surface area contributed by atoms with Crippen molar-refractivity contribution in [3.8, 4) is 0 Å². The molecule has 2 aromatic rings. The average Bonchev–Trinajstić information content (AvgIpc) is 2.40. The smallest absolute Gasteiger partial charge is 0.273 e. The van der Waals surface area contributed by atoms with Crippen molar-refractivity contribution in [1.82, 2.24) is 15.1 Å². The van der Waals surface area contributed by atoms with Crippen LogP contribution in [-0.4, -0.2) is 21.7 Å². The normalized spacial score (nSPS) is 10.9. The first-order valence-electron chi connectivity index (χ1n) is 6.50. The van der Waals surface area contributed by atoms with Crippen molar-refractivity contribution in [1.29, 1.82) is 0 Å². The number of H-pyrrole nitrogens is 1. The maximum Gasteiger partial charge on any atom is 0.273 e. The Labute approximate surface area is 115 Å². The zero-order chi connectivity index (χ0) is 14.7. The van der Waals surface area contributed by atoms with Gasteiger partial charge in [-0.3, -0.25) is 19.5 Å². The number of carbonyl (C=O) groups excluding carboxylic acids is 1. The monoisotopic (exact) mass is 275 g/mol. The van der Waals surface area contributed by atoms with Crippen molar-refractivity contribution >= 4 is 16.7 Å². The summed E-state index contributed by atoms with van der Waals surface area (Å²) in [4.78, 5) is 35.6. The minimum atomic E-state index is -0.329. The van der Waals surface area contributed by atoms with Gasteiger partial charge in [0.25, 0.3) is 11.1 Å². The Kier molecular flexibility index (Phi) is 4.02. The molecule has 6 nitrogen and oxygen atoms in total. The molecule has 2 N–H and O–H groups in total. The quantitative estimate of drug-likeness (QED) is 0.857. The summed E-state index contributed by atoms with van der Waals surface area (Å²) in [5, 5.41) is 5.96. The van der Waals surface area contributed by atoms with Crippen LogP contribution in [0.25, 0.3) is 10.8 Å². The van der Waals surface area contributed by atoms with Crippen LogP contribution >= 0.6 is 0 Å². The summed E-state index contributed by atoms with van der Waals surface area (Å²) in [6.07, 6.45) is 0.145. The van der Waals surface area contributed by atoms with E-state index in [9.17, 15) is 14.4 Å². The van der Waals surface area contributed by atoms with Crippen LogP contribution in [0, 0.1) is 0 Å². The third kappa shape index (κ3) is 2.96. The molecular weight excluding hydrogens is 258 g/mol. The number of fused-ring (bicyclic) bond motifs is 1. The molecular formula is C14H17N3O3. The SMILES string of the molecule is CC(C)NC(=O)CCn1[nH]c(=O)c2ccccc2c1=O. The third-order valence-corrected chi connectivity index (χ3v) is 2.90. The van der Waals surface area contributed by atoms with E-state index in [2.05, 4.69) is 10.4 Å². The second-order valence-electron chi connectivity index (χ2n) is 4.92. The molecule has 0 aliphatic heterocycles. The average molecular weight is 275 g/mol. The number of benzene rings is 1. The highest BCUT2D eigenvalue weighted by atomic mass is 16.2. The van der Waals surface area contributed by atoms with Crippen molar-refractivity contribution in [3.63, 3.8) is 0 Å². The molecule has 0 radical (unpaired) electrons. The highest BCUT2D eigenvalue weighted by Crippen LogP contribution is 2.02. The van der Waals surface area contributed by atoms with Crippen molar-refractivity contribution in [2.75, 3.05) is 0 Å². The fourth-order valence-electron chi connectivity index (χ4n) is 2.01. The van der Waals surface area contributed by atoms with Gasteiger partial charge in [-0.2, -0.15) is 0 Å². The van der Waals surface area contributed by atoms with Crippen molar-refractivity contribution in [2.24, 2.45) is 0 Å². The summed E-state index contributed by atoms with van der Waals surface area (Å²) in [5.41, 5.74) is -0.623. The summed E-state index contributed by atoms with van der Waals surface area (Å²) in [6, 6.07) is 6.68. The van der Waals surface area contributed by atoms with Gasteiger partial charge < -0.3 is 5.32 Å². The van der Waals surface area contributed by atoms with Gasteiger partial charge in [0.2, 0.25) is 5.91 Å². The number of aromatic nitrogens is 2. The van der Waals surface area contributed by atoms with Gasteiger partial charge in [0, 0.05) is 12.5 Å². The minimum absolute atomic E-state index is 0.0508. The Morgan fingerprint density at radius 3 is 2.55 bits per heavy atom. The predicted octanol–water partition coefficient (Wildman–Crippen LogP) is 0.604. The lowest BCUT2D eigenvalue weighted by Gasteiger charge is -2.09. The summed E-state index contributed by atoms with van der Waals surface area (Å²) in [5.74, 6) is -0.152. The Balaban J connectivity index is 2.28. The van der Waals surface area contributed by atoms with Crippen LogP contribution in [0.5, 0.6) is 0 Å². The van der Waals surface area contributed by atoms with Crippen molar-refractivity contribution < 1.29 is 4.79 Å². The molecule has 6 heteroatoms. The minimum Gasteiger partial charge on any atom is -0.354 e. The van der Waals surface area contributed by atoms with Crippen LogP contribution in [0.3, 0.4) is 0 Å². The Hall–Kier alpha value is -2.37. The molecule has 1 aromatic carbocycles. The lowest BCUT2D eigenvalue weighted by Crippen LogP contribution is -2.34. The van der Waals surface area contributed by atoms with Gasteiger partial charge in [-0.1, -0.05) is 12.1 Å². The van der Waals surface area contributed by atoms with E-state index in [0.717, 1.165) is 0 Å². The summed E-state index contributed by atoms with van der Waals surface area (Å²) < 4.78 is 1.19. The Morgan fingerprint density at radius 2 is 1.90 bits per heavy atom. The number of hydrogen-bond acceptors (Lipinski definition) is 3. The molecule has 0 saturated carbocycles. The number of nitrogens with zero attached hydrogens (tertiary/aromatic N) is 1. The van der Waals surface area contributed by atoms with E-state index in [0.29, 0.717) is 10.8 Å². The summed E-state index contributed by atoms with van der Waals surface area (Å²) >= 11 is 0. The van der Waals surface area contributed by atoms with Crippen molar-refractivity contribution in [2.45, 2.75) is 32.9 Å². The number of carbonyl (C=O) groups is 1. The van der Waals surface area contributed by atoms with Crippen LogP contribution in [0.1, 0.15) is 20.3 Å². The highest BCUT2D eigenvalue weighted by Gasteiger charge is 2.08. The van der Waals surface area contributed by atoms with Gasteiger partial charge in [-0.05, 0) is 26.0 Å². The van der Waals surface area contributed by atoms with E-state index in [1.807, 2.05) is 13.8 Å². The molecule has 0 unspecified atom stereocenters. The molecule has 0 fully saturated rings. The number of aromatic amines is 1. The summed E-state index contributed by atoms with van der Waals surface area (Å²) in [6.45, 7) is 3.88.